The number of benzene rings is 4. The number of unbranched alkanes of at least 4 members (excludes halogenated alkanes) is 1. The summed E-state index contributed by atoms with van der Waals surface area (Å²) in [7, 11) is 0. The number of halogens is 1. The molecule has 1 aliphatic heterocycles. The molecule has 36 heavy (non-hydrogen) atoms. The van der Waals surface area contributed by atoms with Crippen molar-refractivity contribution in [2.45, 2.75) is 39.0 Å². The van der Waals surface area contributed by atoms with Crippen LogP contribution in [0, 0.1) is 5.82 Å². The molecule has 0 fully saturated rings. The van der Waals surface area contributed by atoms with E-state index in [9.17, 15) is 4.39 Å². The third-order valence-electron chi connectivity index (χ3n) is 6.86. The summed E-state index contributed by atoms with van der Waals surface area (Å²) in [6.45, 7) is 5.67. The van der Waals surface area contributed by atoms with E-state index < -0.39 is 0 Å². The fourth-order valence-electron chi connectivity index (χ4n) is 5.04. The normalized spacial score (nSPS) is 15.4. The minimum absolute atomic E-state index is 0.0403. The molecule has 4 aromatic rings. The average molecular weight is 480 g/mol. The zero-order chi connectivity index (χ0) is 24.7. The molecule has 184 valence electrons. The predicted molar refractivity (Wildman–Crippen MR) is 146 cm³/mol. The Hall–Kier alpha value is -3.63. The van der Waals surface area contributed by atoms with E-state index >= 15 is 0 Å². The van der Waals surface area contributed by atoms with Crippen molar-refractivity contribution in [3.05, 3.63) is 131 Å². The van der Waals surface area contributed by atoms with Gasteiger partial charge in [-0.05, 0) is 52.1 Å². The highest BCUT2D eigenvalue weighted by Crippen LogP contribution is 2.29. The molecule has 0 radical (unpaired) electrons. The summed E-state index contributed by atoms with van der Waals surface area (Å²) < 4.78 is 14.0. The van der Waals surface area contributed by atoms with E-state index in [-0.39, 0.29) is 12.0 Å². The van der Waals surface area contributed by atoms with Gasteiger partial charge in [-0.25, -0.2) is 4.39 Å². The van der Waals surface area contributed by atoms with Crippen molar-refractivity contribution in [1.82, 2.24) is 15.1 Å². The largest absolute Gasteiger partial charge is 0.366 e. The lowest BCUT2D eigenvalue weighted by atomic mass is 10.1. The molecule has 1 N–H and O–H groups in total. The number of fused-ring (bicyclic) bond motifs is 1. The standard InChI is InChI=1S/C32H34FN3/c1-2-3-18-36-31(21-34-32(36)29-14-9-15-30(33)20-29)24-35(22-25-10-5-4-6-11-25)23-26-16-17-27-12-7-8-13-28(27)19-26/h4-17,19-21,32,34H,2-3,18,22-24H2,1H3. The Morgan fingerprint density at radius 3 is 2.36 bits per heavy atom. The van der Waals surface area contributed by atoms with Crippen LogP contribution in [0.15, 0.2) is 109 Å². The van der Waals surface area contributed by atoms with Gasteiger partial charge in [0.2, 0.25) is 0 Å². The van der Waals surface area contributed by atoms with E-state index in [0.717, 1.165) is 44.6 Å². The molecule has 1 unspecified atom stereocenters. The highest BCUT2D eigenvalue weighted by molar-refractivity contribution is 5.82. The highest BCUT2D eigenvalue weighted by atomic mass is 19.1. The van der Waals surface area contributed by atoms with E-state index in [0.29, 0.717) is 0 Å². The number of nitrogens with zero attached hydrogens (tertiary/aromatic N) is 2. The molecule has 4 aromatic carbocycles. The van der Waals surface area contributed by atoms with Crippen molar-refractivity contribution < 1.29 is 4.39 Å². The fraction of sp³-hybridized carbons (Fsp3) is 0.250. The van der Waals surface area contributed by atoms with Gasteiger partial charge < -0.3 is 10.2 Å². The second kappa shape index (κ2) is 11.4. The second-order valence-electron chi connectivity index (χ2n) is 9.62. The number of rotatable bonds is 10. The minimum atomic E-state index is -0.194. The quantitative estimate of drug-likeness (QED) is 0.259. The Balaban J connectivity index is 1.39. The second-order valence-corrected chi connectivity index (χ2v) is 9.62. The van der Waals surface area contributed by atoms with Crippen LogP contribution in [0.3, 0.4) is 0 Å². The fourth-order valence-corrected chi connectivity index (χ4v) is 5.04. The zero-order valence-corrected chi connectivity index (χ0v) is 20.9. The molecule has 1 atom stereocenters. The summed E-state index contributed by atoms with van der Waals surface area (Å²) in [5.74, 6) is -0.194. The topological polar surface area (TPSA) is 18.5 Å². The first-order valence-electron chi connectivity index (χ1n) is 12.9. The highest BCUT2D eigenvalue weighted by Gasteiger charge is 2.28. The summed E-state index contributed by atoms with van der Waals surface area (Å²) in [6, 6.07) is 32.9. The maximum atomic E-state index is 14.0. The summed E-state index contributed by atoms with van der Waals surface area (Å²) in [6.07, 6.45) is 4.30. The van der Waals surface area contributed by atoms with Crippen LogP contribution in [0.2, 0.25) is 0 Å². The Morgan fingerprint density at radius 1 is 0.778 bits per heavy atom. The maximum absolute atomic E-state index is 14.0. The van der Waals surface area contributed by atoms with Gasteiger partial charge in [0.15, 0.2) is 0 Å². The Morgan fingerprint density at radius 2 is 1.56 bits per heavy atom. The number of nitrogens with one attached hydrogen (secondary N) is 1. The molecule has 1 heterocycles. The van der Waals surface area contributed by atoms with Crippen molar-refractivity contribution >= 4 is 10.8 Å². The lowest BCUT2D eigenvalue weighted by Crippen LogP contribution is -2.34. The van der Waals surface area contributed by atoms with Crippen LogP contribution in [0.4, 0.5) is 4.39 Å². The third kappa shape index (κ3) is 5.77. The first kappa shape index (κ1) is 24.1. The summed E-state index contributed by atoms with van der Waals surface area (Å²) in [5.41, 5.74) is 4.81. The SMILES string of the molecule is CCCCN1C(CN(Cc2ccccc2)Cc2ccc3ccccc3c2)=CNC1c1cccc(F)c1. The smallest absolute Gasteiger partial charge is 0.125 e. The van der Waals surface area contributed by atoms with E-state index in [2.05, 4.69) is 101 Å². The van der Waals surface area contributed by atoms with Gasteiger partial charge in [0.25, 0.3) is 0 Å². The van der Waals surface area contributed by atoms with Crippen LogP contribution in [0.25, 0.3) is 10.8 Å². The van der Waals surface area contributed by atoms with Crippen LogP contribution in [0.1, 0.15) is 42.6 Å². The van der Waals surface area contributed by atoms with Crippen LogP contribution in [-0.4, -0.2) is 22.9 Å². The summed E-state index contributed by atoms with van der Waals surface area (Å²) >= 11 is 0. The van der Waals surface area contributed by atoms with Crippen LogP contribution in [-0.2, 0) is 13.1 Å². The first-order valence-corrected chi connectivity index (χ1v) is 12.9. The van der Waals surface area contributed by atoms with Crippen molar-refractivity contribution in [3.63, 3.8) is 0 Å². The molecular weight excluding hydrogens is 445 g/mol. The number of hydrogen-bond acceptors (Lipinski definition) is 3. The van der Waals surface area contributed by atoms with Crippen molar-refractivity contribution in [3.8, 4) is 0 Å². The molecule has 0 spiro atoms. The van der Waals surface area contributed by atoms with Gasteiger partial charge in [-0.1, -0.05) is 92.2 Å². The van der Waals surface area contributed by atoms with E-state index in [1.165, 1.54) is 33.7 Å². The van der Waals surface area contributed by atoms with Crippen molar-refractivity contribution in [1.29, 1.82) is 0 Å². The van der Waals surface area contributed by atoms with Gasteiger partial charge in [-0.3, -0.25) is 4.90 Å². The molecule has 4 heteroatoms. The Bertz CT molecular complexity index is 1320. The van der Waals surface area contributed by atoms with Crippen LogP contribution < -0.4 is 5.32 Å². The lowest BCUT2D eigenvalue weighted by molar-refractivity contribution is 0.208. The number of hydrogen-bond donors (Lipinski definition) is 1. The minimum Gasteiger partial charge on any atom is -0.366 e. The Labute approximate surface area is 213 Å². The molecule has 5 rings (SSSR count). The predicted octanol–water partition coefficient (Wildman–Crippen LogP) is 7.23. The monoisotopic (exact) mass is 479 g/mol. The van der Waals surface area contributed by atoms with Gasteiger partial charge in [0.1, 0.15) is 12.0 Å². The molecule has 1 aliphatic rings. The van der Waals surface area contributed by atoms with Gasteiger partial charge in [-0.15, -0.1) is 0 Å². The molecule has 3 nitrogen and oxygen atoms in total. The molecule has 0 bridgehead atoms. The molecule has 0 saturated heterocycles. The van der Waals surface area contributed by atoms with Gasteiger partial charge >= 0.3 is 0 Å². The Kier molecular flexibility index (Phi) is 7.63. The van der Waals surface area contributed by atoms with Crippen LogP contribution in [0.5, 0.6) is 0 Å². The van der Waals surface area contributed by atoms with E-state index in [4.69, 9.17) is 0 Å². The van der Waals surface area contributed by atoms with Crippen LogP contribution >= 0.6 is 0 Å². The van der Waals surface area contributed by atoms with Gasteiger partial charge in [0.05, 0.1) is 0 Å². The first-order chi connectivity index (χ1) is 17.7. The zero-order valence-electron chi connectivity index (χ0n) is 20.9. The summed E-state index contributed by atoms with van der Waals surface area (Å²) in [5, 5.41) is 6.07. The van der Waals surface area contributed by atoms with Crippen molar-refractivity contribution in [2.24, 2.45) is 0 Å². The maximum Gasteiger partial charge on any atom is 0.125 e. The summed E-state index contributed by atoms with van der Waals surface area (Å²) in [4.78, 5) is 4.91. The molecule has 0 saturated carbocycles. The van der Waals surface area contributed by atoms with Gasteiger partial charge in [-0.2, -0.15) is 0 Å². The lowest BCUT2D eigenvalue weighted by Gasteiger charge is -2.32. The van der Waals surface area contributed by atoms with E-state index in [1.54, 1.807) is 12.1 Å². The molecule has 0 aliphatic carbocycles. The van der Waals surface area contributed by atoms with Crippen molar-refractivity contribution in [2.75, 3.05) is 13.1 Å². The molecular formula is C32H34FN3. The molecule has 0 amide bonds. The third-order valence-corrected chi connectivity index (χ3v) is 6.86. The van der Waals surface area contributed by atoms with Gasteiger partial charge in [0, 0.05) is 38.1 Å². The average Bonchev–Trinajstić information content (AvgIpc) is 3.30. The molecule has 0 aromatic heterocycles. The van der Waals surface area contributed by atoms with E-state index in [1.807, 2.05) is 6.07 Å².